The third-order valence-electron chi connectivity index (χ3n) is 3.39. The van der Waals surface area contributed by atoms with Crippen LogP contribution >= 0.6 is 11.3 Å². The fourth-order valence-corrected chi connectivity index (χ4v) is 2.78. The summed E-state index contributed by atoms with van der Waals surface area (Å²) in [6, 6.07) is 11.1. The molecule has 1 amide bonds. The zero-order valence-electron chi connectivity index (χ0n) is 13.6. The minimum Gasteiger partial charge on any atom is -0.497 e. The maximum Gasteiger partial charge on any atom is 0.271 e. The molecule has 7 heteroatoms. The highest BCUT2D eigenvalue weighted by Crippen LogP contribution is 2.20. The van der Waals surface area contributed by atoms with E-state index in [-0.39, 0.29) is 5.91 Å². The number of benzene rings is 1. The first-order valence-corrected chi connectivity index (χ1v) is 8.51. The van der Waals surface area contributed by atoms with Crippen molar-refractivity contribution in [2.24, 2.45) is 0 Å². The van der Waals surface area contributed by atoms with Crippen molar-refractivity contribution in [1.29, 1.82) is 0 Å². The van der Waals surface area contributed by atoms with Crippen molar-refractivity contribution < 1.29 is 14.3 Å². The largest absolute Gasteiger partial charge is 0.497 e. The lowest BCUT2D eigenvalue weighted by Crippen LogP contribution is -2.23. The molecule has 0 atom stereocenters. The van der Waals surface area contributed by atoms with Crippen LogP contribution in [0.25, 0.3) is 0 Å². The van der Waals surface area contributed by atoms with Gasteiger partial charge in [-0.25, -0.2) is 4.98 Å². The quantitative estimate of drug-likeness (QED) is 0.705. The van der Waals surface area contributed by atoms with E-state index in [0.29, 0.717) is 24.6 Å². The van der Waals surface area contributed by atoms with Gasteiger partial charge in [-0.15, -0.1) is 11.3 Å². The van der Waals surface area contributed by atoms with Crippen LogP contribution in [0.5, 0.6) is 11.5 Å². The molecule has 128 valence electrons. The Morgan fingerprint density at radius 3 is 2.80 bits per heavy atom. The Kier molecular flexibility index (Phi) is 5.58. The van der Waals surface area contributed by atoms with Gasteiger partial charge in [0.15, 0.2) is 0 Å². The van der Waals surface area contributed by atoms with Gasteiger partial charge in [0.1, 0.15) is 28.8 Å². The SMILES string of the molecule is COc1cccc(OCc2nc(C(=O)NCc3ccncc3)cs2)c1. The van der Waals surface area contributed by atoms with E-state index in [4.69, 9.17) is 9.47 Å². The molecule has 2 heterocycles. The molecule has 0 radical (unpaired) electrons. The number of hydrogen-bond acceptors (Lipinski definition) is 6. The molecule has 0 aliphatic heterocycles. The van der Waals surface area contributed by atoms with Crippen molar-refractivity contribution in [3.05, 3.63) is 70.4 Å². The maximum atomic E-state index is 12.1. The lowest BCUT2D eigenvalue weighted by Gasteiger charge is -2.06. The summed E-state index contributed by atoms with van der Waals surface area (Å²) in [4.78, 5) is 20.4. The van der Waals surface area contributed by atoms with Crippen LogP contribution in [0.4, 0.5) is 0 Å². The normalized spacial score (nSPS) is 10.3. The Morgan fingerprint density at radius 2 is 2.00 bits per heavy atom. The van der Waals surface area contributed by atoms with E-state index in [1.165, 1.54) is 11.3 Å². The van der Waals surface area contributed by atoms with Crippen LogP contribution in [-0.2, 0) is 13.2 Å². The van der Waals surface area contributed by atoms with E-state index in [1.807, 2.05) is 30.3 Å². The first-order valence-electron chi connectivity index (χ1n) is 7.63. The zero-order valence-corrected chi connectivity index (χ0v) is 14.5. The Bertz CT molecular complexity index is 836. The van der Waals surface area contributed by atoms with Gasteiger partial charge < -0.3 is 14.8 Å². The van der Waals surface area contributed by atoms with Crippen LogP contribution in [0.1, 0.15) is 21.1 Å². The molecular formula is C18H17N3O3S. The molecule has 0 bridgehead atoms. The summed E-state index contributed by atoms with van der Waals surface area (Å²) in [6.45, 7) is 0.740. The van der Waals surface area contributed by atoms with Gasteiger partial charge >= 0.3 is 0 Å². The second kappa shape index (κ2) is 8.25. The Balaban J connectivity index is 1.53. The number of nitrogens with zero attached hydrogens (tertiary/aromatic N) is 2. The number of rotatable bonds is 7. The molecule has 0 aliphatic rings. The molecule has 1 aromatic carbocycles. The fourth-order valence-electron chi connectivity index (χ4n) is 2.09. The first-order chi connectivity index (χ1) is 12.2. The second-order valence-electron chi connectivity index (χ2n) is 5.13. The van der Waals surface area contributed by atoms with Gasteiger partial charge in [0.05, 0.1) is 7.11 Å². The molecule has 2 aromatic heterocycles. The van der Waals surface area contributed by atoms with E-state index in [2.05, 4.69) is 15.3 Å². The molecule has 25 heavy (non-hydrogen) atoms. The lowest BCUT2D eigenvalue weighted by atomic mass is 10.2. The summed E-state index contributed by atoms with van der Waals surface area (Å²) in [7, 11) is 1.61. The summed E-state index contributed by atoms with van der Waals surface area (Å²) < 4.78 is 10.8. The minimum absolute atomic E-state index is 0.208. The molecular weight excluding hydrogens is 338 g/mol. The summed E-state index contributed by atoms with van der Waals surface area (Å²) in [5, 5.41) is 5.30. The molecule has 6 nitrogen and oxygen atoms in total. The molecule has 0 saturated carbocycles. The van der Waals surface area contributed by atoms with Crippen molar-refractivity contribution in [2.45, 2.75) is 13.2 Å². The maximum absolute atomic E-state index is 12.1. The highest BCUT2D eigenvalue weighted by molar-refractivity contribution is 7.09. The number of carbonyl (C=O) groups is 1. The van der Waals surface area contributed by atoms with Crippen molar-refractivity contribution in [2.75, 3.05) is 7.11 Å². The predicted molar refractivity (Wildman–Crippen MR) is 94.8 cm³/mol. The predicted octanol–water partition coefficient (Wildman–Crippen LogP) is 3.06. The lowest BCUT2D eigenvalue weighted by molar-refractivity contribution is 0.0946. The second-order valence-corrected chi connectivity index (χ2v) is 6.07. The minimum atomic E-state index is -0.208. The Morgan fingerprint density at radius 1 is 1.20 bits per heavy atom. The van der Waals surface area contributed by atoms with E-state index < -0.39 is 0 Å². The van der Waals surface area contributed by atoms with Crippen LogP contribution in [0.3, 0.4) is 0 Å². The van der Waals surface area contributed by atoms with E-state index in [1.54, 1.807) is 30.9 Å². The van der Waals surface area contributed by atoms with Gasteiger partial charge in [-0.3, -0.25) is 9.78 Å². The van der Waals surface area contributed by atoms with Crippen LogP contribution in [0.2, 0.25) is 0 Å². The van der Waals surface area contributed by atoms with Crippen LogP contribution in [0, 0.1) is 0 Å². The number of hydrogen-bond donors (Lipinski definition) is 1. The highest BCUT2D eigenvalue weighted by atomic mass is 32.1. The standard InChI is InChI=1S/C18H17N3O3S/c1-23-14-3-2-4-15(9-14)24-11-17-21-16(12-25-17)18(22)20-10-13-5-7-19-8-6-13/h2-9,12H,10-11H2,1H3,(H,20,22). The van der Waals surface area contributed by atoms with E-state index in [0.717, 1.165) is 16.3 Å². The molecule has 3 rings (SSSR count). The zero-order chi connectivity index (χ0) is 17.5. The average molecular weight is 355 g/mol. The van der Waals surface area contributed by atoms with Gasteiger partial charge in [-0.1, -0.05) is 6.07 Å². The van der Waals surface area contributed by atoms with Gasteiger partial charge in [-0.2, -0.15) is 0 Å². The molecule has 0 aliphatic carbocycles. The molecule has 0 unspecified atom stereocenters. The summed E-state index contributed by atoms with van der Waals surface area (Å²) >= 11 is 1.39. The van der Waals surface area contributed by atoms with Crippen molar-refractivity contribution in [3.8, 4) is 11.5 Å². The number of aromatic nitrogens is 2. The number of amides is 1. The molecule has 0 spiro atoms. The summed E-state index contributed by atoms with van der Waals surface area (Å²) in [6.07, 6.45) is 3.39. The summed E-state index contributed by atoms with van der Waals surface area (Å²) in [5.74, 6) is 1.21. The first kappa shape index (κ1) is 16.9. The van der Waals surface area contributed by atoms with Crippen molar-refractivity contribution >= 4 is 17.2 Å². The molecule has 3 aromatic rings. The molecule has 1 N–H and O–H groups in total. The van der Waals surface area contributed by atoms with E-state index in [9.17, 15) is 4.79 Å². The average Bonchev–Trinajstić information content (AvgIpc) is 3.14. The Hall–Kier alpha value is -2.93. The highest BCUT2D eigenvalue weighted by Gasteiger charge is 2.11. The number of pyridine rings is 1. The van der Waals surface area contributed by atoms with Crippen LogP contribution < -0.4 is 14.8 Å². The number of methoxy groups -OCH3 is 1. The Labute approximate surface area is 149 Å². The topological polar surface area (TPSA) is 73.3 Å². The third-order valence-corrected chi connectivity index (χ3v) is 4.21. The summed E-state index contributed by atoms with van der Waals surface area (Å²) in [5.41, 5.74) is 1.38. The third kappa shape index (κ3) is 4.77. The van der Waals surface area contributed by atoms with E-state index >= 15 is 0 Å². The number of thiazole rings is 1. The molecule has 0 saturated heterocycles. The molecule has 0 fully saturated rings. The number of nitrogens with one attached hydrogen (secondary N) is 1. The number of ether oxygens (including phenoxy) is 2. The van der Waals surface area contributed by atoms with Gasteiger partial charge in [-0.05, 0) is 29.8 Å². The van der Waals surface area contributed by atoms with Crippen LogP contribution in [0.15, 0.2) is 54.2 Å². The monoisotopic (exact) mass is 355 g/mol. The van der Waals surface area contributed by atoms with Crippen molar-refractivity contribution in [3.63, 3.8) is 0 Å². The van der Waals surface area contributed by atoms with Crippen molar-refractivity contribution in [1.82, 2.24) is 15.3 Å². The smallest absolute Gasteiger partial charge is 0.271 e. The van der Waals surface area contributed by atoms with Gasteiger partial charge in [0, 0.05) is 30.4 Å². The van der Waals surface area contributed by atoms with Gasteiger partial charge in [0.25, 0.3) is 5.91 Å². The van der Waals surface area contributed by atoms with Crippen LogP contribution in [-0.4, -0.2) is 23.0 Å². The fraction of sp³-hybridized carbons (Fsp3) is 0.167. The number of carbonyl (C=O) groups excluding carboxylic acids is 1. The van der Waals surface area contributed by atoms with Gasteiger partial charge in [0.2, 0.25) is 0 Å².